The smallest absolute Gasteiger partial charge is 0.200 e. The summed E-state index contributed by atoms with van der Waals surface area (Å²) in [6.07, 6.45) is 3.99. The lowest BCUT2D eigenvalue weighted by molar-refractivity contribution is 0.145. The molecule has 2 aliphatic rings. The van der Waals surface area contributed by atoms with E-state index in [0.29, 0.717) is 29.0 Å². The summed E-state index contributed by atoms with van der Waals surface area (Å²) in [6, 6.07) is 62.2. The summed E-state index contributed by atoms with van der Waals surface area (Å²) in [5.74, 6) is 3.20. The SMILES string of the molecule is CN1C=C(c2ccc(-c3nc(-c4ccccc4)nc(-c4ccc(-c5ccccc5)cc4)n3)cc2)C=C2c3nc(-c4ccc5ccccc5c4)nc(-c4ccccc4)c3OC21. The molecular weight excluding hydrogens is 737 g/mol. The molecule has 0 fully saturated rings. The summed E-state index contributed by atoms with van der Waals surface area (Å²) in [6.45, 7) is 0. The van der Waals surface area contributed by atoms with Gasteiger partial charge in [-0.3, -0.25) is 0 Å². The highest BCUT2D eigenvalue weighted by molar-refractivity contribution is 5.93. The number of fused-ring (bicyclic) bond motifs is 4. The van der Waals surface area contributed by atoms with Gasteiger partial charge in [-0.2, -0.15) is 0 Å². The predicted octanol–water partition coefficient (Wildman–Crippen LogP) is 11.9. The van der Waals surface area contributed by atoms with Gasteiger partial charge in [-0.25, -0.2) is 24.9 Å². The van der Waals surface area contributed by atoms with Gasteiger partial charge in [0.25, 0.3) is 0 Å². The van der Waals surface area contributed by atoms with Crippen molar-refractivity contribution < 1.29 is 4.74 Å². The Kier molecular flexibility index (Phi) is 8.63. The third-order valence-corrected chi connectivity index (χ3v) is 11.1. The third-order valence-electron chi connectivity index (χ3n) is 11.1. The van der Waals surface area contributed by atoms with Crippen LogP contribution >= 0.6 is 0 Å². The first-order valence-corrected chi connectivity index (χ1v) is 20.0. The Balaban J connectivity index is 0.958. The Hall–Kier alpha value is -8.03. The molecule has 7 heteroatoms. The van der Waals surface area contributed by atoms with E-state index in [4.69, 9.17) is 29.7 Å². The van der Waals surface area contributed by atoms with E-state index in [1.165, 1.54) is 5.39 Å². The highest BCUT2D eigenvalue weighted by Crippen LogP contribution is 2.47. The summed E-state index contributed by atoms with van der Waals surface area (Å²) in [5, 5.41) is 2.31. The monoisotopic (exact) mass is 772 g/mol. The molecule has 60 heavy (non-hydrogen) atoms. The Labute approximate surface area is 347 Å². The van der Waals surface area contributed by atoms with E-state index >= 15 is 0 Å². The Morgan fingerprint density at radius 1 is 0.400 bits per heavy atom. The van der Waals surface area contributed by atoms with Crippen molar-refractivity contribution in [3.8, 4) is 73.7 Å². The molecule has 9 aromatic rings. The number of likely N-dealkylation sites (N-methyl/N-ethyl adjacent to an activating group) is 1. The van der Waals surface area contributed by atoms with Crippen LogP contribution in [-0.4, -0.2) is 43.1 Å². The second-order valence-corrected chi connectivity index (χ2v) is 15.0. The van der Waals surface area contributed by atoms with Crippen LogP contribution in [0.1, 0.15) is 11.3 Å². The average molecular weight is 773 g/mol. The van der Waals surface area contributed by atoms with E-state index in [-0.39, 0.29) is 6.23 Å². The highest BCUT2D eigenvalue weighted by Gasteiger charge is 2.38. The lowest BCUT2D eigenvalue weighted by Gasteiger charge is -2.28. The minimum Gasteiger partial charge on any atom is -0.462 e. The normalized spacial score (nSPS) is 14.2. The van der Waals surface area contributed by atoms with E-state index in [2.05, 4.69) is 145 Å². The van der Waals surface area contributed by atoms with Gasteiger partial charge in [0.15, 0.2) is 29.0 Å². The van der Waals surface area contributed by atoms with Crippen LogP contribution in [-0.2, 0) is 0 Å². The van der Waals surface area contributed by atoms with E-state index in [9.17, 15) is 0 Å². The van der Waals surface area contributed by atoms with E-state index in [1.807, 2.05) is 61.6 Å². The number of aromatic nitrogens is 5. The molecule has 7 aromatic carbocycles. The molecule has 2 aromatic heterocycles. The van der Waals surface area contributed by atoms with Gasteiger partial charge in [-0.05, 0) is 45.2 Å². The second kappa shape index (κ2) is 14.7. The molecule has 0 aliphatic carbocycles. The molecule has 1 unspecified atom stereocenters. The number of allylic oxidation sites excluding steroid dienone is 2. The van der Waals surface area contributed by atoms with Crippen molar-refractivity contribution in [2.24, 2.45) is 0 Å². The van der Waals surface area contributed by atoms with Crippen molar-refractivity contribution in [1.82, 2.24) is 29.8 Å². The van der Waals surface area contributed by atoms with E-state index in [0.717, 1.165) is 72.4 Å². The maximum atomic E-state index is 6.72. The van der Waals surface area contributed by atoms with Crippen molar-refractivity contribution in [1.29, 1.82) is 0 Å². The van der Waals surface area contributed by atoms with Crippen LogP contribution in [0.3, 0.4) is 0 Å². The predicted molar refractivity (Wildman–Crippen MR) is 240 cm³/mol. The average Bonchev–Trinajstić information content (AvgIpc) is 3.71. The molecular formula is C53H36N6O. The zero-order valence-corrected chi connectivity index (χ0v) is 32.6. The number of hydrogen-bond acceptors (Lipinski definition) is 7. The topological polar surface area (TPSA) is 76.9 Å². The summed E-state index contributed by atoms with van der Waals surface area (Å²) in [4.78, 5) is 27.4. The fourth-order valence-corrected chi connectivity index (χ4v) is 8.00. The number of ether oxygens (including phenoxy) is 1. The number of rotatable bonds is 7. The van der Waals surface area contributed by atoms with Crippen LogP contribution in [0.4, 0.5) is 0 Å². The first kappa shape index (κ1) is 35.2. The number of nitrogens with zero attached hydrogens (tertiary/aromatic N) is 6. The first-order valence-electron chi connectivity index (χ1n) is 20.0. The standard InChI is InChI=1S/C53H36N6O/c1-59-33-44(32-45-47-48(60-53(45)59)46(38-16-7-3-8-17-38)54-52(55-47)43-30-25-35-15-11-12-20-42(35)31-43)37-23-28-41(29-24-37)51-57-49(39-18-9-4-10-19-39)56-50(58-51)40-26-21-36(22-27-40)34-13-5-2-6-14-34/h2-33,53H,1H3. The molecule has 284 valence electrons. The fourth-order valence-electron chi connectivity index (χ4n) is 8.00. The third kappa shape index (κ3) is 6.48. The largest absolute Gasteiger partial charge is 0.462 e. The van der Waals surface area contributed by atoms with Crippen molar-refractivity contribution >= 4 is 21.9 Å². The quantitative estimate of drug-likeness (QED) is 0.160. The van der Waals surface area contributed by atoms with Gasteiger partial charge in [-0.1, -0.05) is 176 Å². The van der Waals surface area contributed by atoms with Crippen molar-refractivity contribution in [3.05, 3.63) is 206 Å². The second-order valence-electron chi connectivity index (χ2n) is 15.0. The van der Waals surface area contributed by atoms with E-state index < -0.39 is 0 Å². The fraction of sp³-hybridized carbons (Fsp3) is 0.0377. The maximum absolute atomic E-state index is 6.72. The zero-order chi connectivity index (χ0) is 40.0. The summed E-state index contributed by atoms with van der Waals surface area (Å²) in [7, 11) is 2.04. The molecule has 0 spiro atoms. The molecule has 1 atom stereocenters. The van der Waals surface area contributed by atoms with Gasteiger partial charge in [0.1, 0.15) is 11.4 Å². The van der Waals surface area contributed by atoms with Crippen LogP contribution in [0.15, 0.2) is 194 Å². The van der Waals surface area contributed by atoms with Gasteiger partial charge in [-0.15, -0.1) is 0 Å². The highest BCUT2D eigenvalue weighted by atomic mass is 16.5. The van der Waals surface area contributed by atoms with Gasteiger partial charge in [0, 0.05) is 46.6 Å². The Morgan fingerprint density at radius 2 is 0.850 bits per heavy atom. The van der Waals surface area contributed by atoms with E-state index in [1.54, 1.807) is 0 Å². The van der Waals surface area contributed by atoms with Crippen LogP contribution < -0.4 is 4.74 Å². The molecule has 11 rings (SSSR count). The molecule has 0 bridgehead atoms. The minimum atomic E-state index is -0.339. The van der Waals surface area contributed by atoms with Crippen molar-refractivity contribution in [2.75, 3.05) is 7.05 Å². The van der Waals surface area contributed by atoms with Crippen molar-refractivity contribution in [3.63, 3.8) is 0 Å². The van der Waals surface area contributed by atoms with Crippen LogP contribution in [0.5, 0.6) is 5.75 Å². The first-order chi connectivity index (χ1) is 29.6. The van der Waals surface area contributed by atoms with Gasteiger partial charge in [0.2, 0.25) is 6.23 Å². The lowest BCUT2D eigenvalue weighted by atomic mass is 9.97. The molecule has 0 radical (unpaired) electrons. The zero-order valence-electron chi connectivity index (χ0n) is 32.6. The number of hydrogen-bond donors (Lipinski definition) is 0. The Bertz CT molecular complexity index is 3110. The molecule has 0 N–H and O–H groups in total. The number of benzene rings is 7. The molecule has 0 saturated heterocycles. The van der Waals surface area contributed by atoms with Crippen LogP contribution in [0.2, 0.25) is 0 Å². The van der Waals surface area contributed by atoms with Crippen LogP contribution in [0, 0.1) is 0 Å². The molecule has 4 heterocycles. The maximum Gasteiger partial charge on any atom is 0.200 e. The molecule has 0 saturated carbocycles. The molecule has 0 amide bonds. The van der Waals surface area contributed by atoms with Crippen LogP contribution in [0.25, 0.3) is 89.9 Å². The van der Waals surface area contributed by atoms with Gasteiger partial charge >= 0.3 is 0 Å². The van der Waals surface area contributed by atoms with Gasteiger partial charge in [0.05, 0.1) is 0 Å². The molecule has 2 aliphatic heterocycles. The molecule has 7 nitrogen and oxygen atoms in total. The Morgan fingerprint density at radius 3 is 1.48 bits per heavy atom. The van der Waals surface area contributed by atoms with Crippen molar-refractivity contribution in [2.45, 2.75) is 6.23 Å². The lowest BCUT2D eigenvalue weighted by Crippen LogP contribution is -2.32. The summed E-state index contributed by atoms with van der Waals surface area (Å²) in [5.41, 5.74) is 11.6. The summed E-state index contributed by atoms with van der Waals surface area (Å²) >= 11 is 0. The summed E-state index contributed by atoms with van der Waals surface area (Å²) < 4.78 is 6.72. The minimum absolute atomic E-state index is 0.339. The van der Waals surface area contributed by atoms with Gasteiger partial charge < -0.3 is 9.64 Å².